The number of carbonyl (C=O) groups is 3. The lowest BCUT2D eigenvalue weighted by molar-refractivity contribution is -0.384. The van der Waals surface area contributed by atoms with Gasteiger partial charge in [0.1, 0.15) is 0 Å². The summed E-state index contributed by atoms with van der Waals surface area (Å²) >= 11 is 0. The molecule has 0 spiro atoms. The molecule has 13 heteroatoms. The average Bonchev–Trinajstić information content (AvgIpc) is 3.50. The van der Waals surface area contributed by atoms with Crippen molar-refractivity contribution in [1.82, 2.24) is 5.43 Å². The Kier molecular flexibility index (Phi) is 8.23. The Morgan fingerprint density at radius 1 is 0.860 bits per heavy atom. The molecule has 2 N–H and O–H groups in total. The lowest BCUT2D eigenvalue weighted by Gasteiger charge is -2.10. The van der Waals surface area contributed by atoms with Crippen LogP contribution in [0.2, 0.25) is 0 Å². The minimum atomic E-state index is -0.726. The van der Waals surface area contributed by atoms with E-state index in [1.165, 1.54) is 49.7 Å². The number of fused-ring (bicyclic) bond motifs is 1. The number of benzene rings is 4. The number of anilines is 1. The van der Waals surface area contributed by atoms with Crippen LogP contribution in [0, 0.1) is 10.1 Å². The quantitative estimate of drug-likeness (QED) is 0.0944. The normalized spacial score (nSPS) is 11.6. The van der Waals surface area contributed by atoms with E-state index >= 15 is 0 Å². The van der Waals surface area contributed by atoms with Crippen LogP contribution in [0.1, 0.15) is 36.6 Å². The molecule has 0 unspecified atom stereocenters. The first kappa shape index (κ1) is 28.3. The van der Waals surface area contributed by atoms with Crippen molar-refractivity contribution in [2.75, 3.05) is 19.2 Å². The number of nitro groups is 1. The molecule has 4 aromatic rings. The van der Waals surface area contributed by atoms with Crippen LogP contribution in [0.25, 0.3) is 0 Å². The second kappa shape index (κ2) is 12.5. The van der Waals surface area contributed by atoms with Gasteiger partial charge in [0.15, 0.2) is 23.0 Å². The van der Waals surface area contributed by atoms with Gasteiger partial charge in [0.2, 0.25) is 6.79 Å². The topological polar surface area (TPSA) is 168 Å². The first-order chi connectivity index (χ1) is 20.8. The summed E-state index contributed by atoms with van der Waals surface area (Å²) in [6, 6.07) is 20.8. The van der Waals surface area contributed by atoms with E-state index in [0.717, 1.165) is 0 Å². The summed E-state index contributed by atoms with van der Waals surface area (Å²) in [7, 11) is 1.39. The van der Waals surface area contributed by atoms with Gasteiger partial charge in [-0.1, -0.05) is 6.07 Å². The van der Waals surface area contributed by atoms with Crippen molar-refractivity contribution in [3.63, 3.8) is 0 Å². The zero-order valence-electron chi connectivity index (χ0n) is 22.4. The molecule has 0 atom stereocenters. The predicted octanol–water partition coefficient (Wildman–Crippen LogP) is 4.57. The maximum Gasteiger partial charge on any atom is 0.343 e. The third kappa shape index (κ3) is 6.74. The van der Waals surface area contributed by atoms with Crippen LogP contribution in [0.15, 0.2) is 90.0 Å². The highest BCUT2D eigenvalue weighted by molar-refractivity contribution is 6.05. The number of hydrogen-bond donors (Lipinski definition) is 2. The number of esters is 1. The highest BCUT2D eigenvalue weighted by Gasteiger charge is 2.17. The maximum absolute atomic E-state index is 12.7. The lowest BCUT2D eigenvalue weighted by Crippen LogP contribution is -2.18. The highest BCUT2D eigenvalue weighted by Crippen LogP contribution is 2.33. The van der Waals surface area contributed by atoms with E-state index in [9.17, 15) is 24.5 Å². The van der Waals surface area contributed by atoms with Crippen LogP contribution in [0.3, 0.4) is 0 Å². The molecular formula is C30H22N4O9. The molecule has 0 fully saturated rings. The van der Waals surface area contributed by atoms with Gasteiger partial charge >= 0.3 is 5.97 Å². The number of nitro benzene ring substituents is 1. The van der Waals surface area contributed by atoms with E-state index in [-0.39, 0.29) is 41.0 Å². The number of hydrogen-bond acceptors (Lipinski definition) is 10. The predicted molar refractivity (Wildman–Crippen MR) is 153 cm³/mol. The monoisotopic (exact) mass is 582 g/mol. The van der Waals surface area contributed by atoms with Crippen LogP contribution < -0.4 is 29.7 Å². The number of methoxy groups -OCH3 is 1. The molecule has 1 aliphatic heterocycles. The van der Waals surface area contributed by atoms with Crippen molar-refractivity contribution in [3.05, 3.63) is 117 Å². The smallest absolute Gasteiger partial charge is 0.343 e. The van der Waals surface area contributed by atoms with E-state index in [1.54, 1.807) is 48.5 Å². The minimum Gasteiger partial charge on any atom is -0.493 e. The molecule has 0 saturated heterocycles. The van der Waals surface area contributed by atoms with Crippen molar-refractivity contribution in [2.24, 2.45) is 5.10 Å². The van der Waals surface area contributed by atoms with Gasteiger partial charge in [0.05, 0.1) is 23.8 Å². The van der Waals surface area contributed by atoms with Gasteiger partial charge in [0.25, 0.3) is 17.5 Å². The fourth-order valence-electron chi connectivity index (χ4n) is 3.94. The molecular weight excluding hydrogens is 560 g/mol. The SMILES string of the molecule is COc1cc(C=NNC(=O)c2cccc(NC(=O)c3ccc4c(c3)OCO4)c2)ccc1OC(=O)c1ccc([N+](=O)[O-])cc1. The number of amides is 2. The van der Waals surface area contributed by atoms with E-state index in [4.69, 9.17) is 18.9 Å². The average molecular weight is 583 g/mol. The molecule has 1 aliphatic rings. The summed E-state index contributed by atoms with van der Waals surface area (Å²) in [5.41, 5.74) is 3.94. The molecule has 43 heavy (non-hydrogen) atoms. The van der Waals surface area contributed by atoms with Crippen molar-refractivity contribution < 1.29 is 38.3 Å². The van der Waals surface area contributed by atoms with Gasteiger partial charge in [0, 0.05) is 28.9 Å². The third-order valence-corrected chi connectivity index (χ3v) is 6.10. The van der Waals surface area contributed by atoms with Gasteiger partial charge in [-0.05, 0) is 72.3 Å². The van der Waals surface area contributed by atoms with Crippen molar-refractivity contribution >= 4 is 35.4 Å². The number of rotatable bonds is 9. The van der Waals surface area contributed by atoms with Crippen molar-refractivity contribution in [2.45, 2.75) is 0 Å². The molecule has 13 nitrogen and oxygen atoms in total. The summed E-state index contributed by atoms with van der Waals surface area (Å²) in [5, 5.41) is 17.5. The Labute approximate surface area is 243 Å². The Morgan fingerprint density at radius 3 is 2.37 bits per heavy atom. The van der Waals surface area contributed by atoms with Gasteiger partial charge in [-0.25, -0.2) is 10.2 Å². The van der Waals surface area contributed by atoms with E-state index < -0.39 is 16.8 Å². The van der Waals surface area contributed by atoms with Crippen molar-refractivity contribution in [3.8, 4) is 23.0 Å². The van der Waals surface area contributed by atoms with Crippen molar-refractivity contribution in [1.29, 1.82) is 0 Å². The summed E-state index contributed by atoms with van der Waals surface area (Å²) in [4.78, 5) is 48.1. The maximum atomic E-state index is 12.7. The molecule has 0 bridgehead atoms. The summed E-state index contributed by atoms with van der Waals surface area (Å²) in [5.74, 6) is -0.248. The summed E-state index contributed by atoms with van der Waals surface area (Å²) in [6.45, 7) is 0.0977. The van der Waals surface area contributed by atoms with E-state index in [1.807, 2.05) is 0 Å². The highest BCUT2D eigenvalue weighted by atomic mass is 16.7. The minimum absolute atomic E-state index is 0.0977. The number of carbonyl (C=O) groups excluding carboxylic acids is 3. The lowest BCUT2D eigenvalue weighted by atomic mass is 10.1. The van der Waals surface area contributed by atoms with Crippen LogP contribution >= 0.6 is 0 Å². The largest absolute Gasteiger partial charge is 0.493 e. The molecule has 0 aromatic heterocycles. The molecule has 1 heterocycles. The number of ether oxygens (including phenoxy) is 4. The van der Waals surface area contributed by atoms with Crippen LogP contribution in [0.5, 0.6) is 23.0 Å². The van der Waals surface area contributed by atoms with Crippen LogP contribution in [-0.4, -0.2) is 42.8 Å². The Hall–Kier alpha value is -6.24. The van der Waals surface area contributed by atoms with Crippen LogP contribution in [0.4, 0.5) is 11.4 Å². The second-order valence-corrected chi connectivity index (χ2v) is 8.91. The zero-order chi connectivity index (χ0) is 30.3. The molecule has 0 saturated carbocycles. The van der Waals surface area contributed by atoms with E-state index in [0.29, 0.717) is 28.3 Å². The second-order valence-electron chi connectivity index (χ2n) is 8.91. The molecule has 4 aromatic carbocycles. The Morgan fingerprint density at radius 2 is 1.60 bits per heavy atom. The van der Waals surface area contributed by atoms with E-state index in [2.05, 4.69) is 15.8 Å². The van der Waals surface area contributed by atoms with Gasteiger partial charge in [-0.2, -0.15) is 5.10 Å². The molecule has 0 aliphatic carbocycles. The fourth-order valence-corrected chi connectivity index (χ4v) is 3.94. The van der Waals surface area contributed by atoms with Gasteiger partial charge in [-0.15, -0.1) is 0 Å². The standard InChI is InChI=1S/C30H22N4O9/c1-40-26-13-18(5-11-25(26)43-30(37)19-6-9-23(10-7-19)34(38)39)16-31-33-29(36)20-3-2-4-22(14-20)32-28(35)21-8-12-24-27(15-21)42-17-41-24/h2-16H,17H2,1H3,(H,32,35)(H,33,36). The number of hydrazone groups is 1. The van der Waals surface area contributed by atoms with Gasteiger partial charge in [-0.3, -0.25) is 19.7 Å². The Balaban J connectivity index is 1.19. The molecule has 5 rings (SSSR count). The third-order valence-electron chi connectivity index (χ3n) is 6.10. The summed E-state index contributed by atoms with van der Waals surface area (Å²) in [6.07, 6.45) is 1.37. The summed E-state index contributed by atoms with van der Waals surface area (Å²) < 4.78 is 21.2. The molecule has 216 valence electrons. The first-order valence-electron chi connectivity index (χ1n) is 12.6. The molecule has 0 radical (unpaired) electrons. The number of nitrogens with zero attached hydrogens (tertiary/aromatic N) is 2. The fraction of sp³-hybridized carbons (Fsp3) is 0.0667. The number of non-ortho nitro benzene ring substituents is 1. The zero-order valence-corrected chi connectivity index (χ0v) is 22.4. The van der Waals surface area contributed by atoms with Gasteiger partial charge < -0.3 is 24.3 Å². The number of nitrogens with one attached hydrogen (secondary N) is 2. The molecule has 2 amide bonds. The Bertz CT molecular complexity index is 1750. The van der Waals surface area contributed by atoms with Crippen LogP contribution in [-0.2, 0) is 0 Å². The first-order valence-corrected chi connectivity index (χ1v) is 12.6.